The molecule has 0 unspecified atom stereocenters. The van der Waals surface area contributed by atoms with Gasteiger partial charge in [-0.05, 0) is 68.0 Å². The molecule has 47 heavy (non-hydrogen) atoms. The Morgan fingerprint density at radius 3 is 1.43 bits per heavy atom. The van der Waals surface area contributed by atoms with Crippen LogP contribution < -0.4 is 31.8 Å². The molecule has 0 amide bonds. The quantitative estimate of drug-likeness (QED) is 0.0574. The Hall–Kier alpha value is -2.31. The summed E-state index contributed by atoms with van der Waals surface area (Å²) in [4.78, 5) is 1.35. The van der Waals surface area contributed by atoms with E-state index < -0.39 is 7.92 Å². The molecule has 0 spiro atoms. The first-order valence-corrected chi connectivity index (χ1v) is 19.9. The molecule has 0 bridgehead atoms. The first kappa shape index (κ1) is 37.5. The molecule has 6 aromatic rings. The average Bonchev–Trinajstić information content (AvgIpc) is 3.12. The van der Waals surface area contributed by atoms with Gasteiger partial charge in [0.25, 0.3) is 0 Å². The van der Waals surface area contributed by atoms with Crippen LogP contribution in [0.15, 0.2) is 175 Å². The van der Waals surface area contributed by atoms with Crippen molar-refractivity contribution in [2.75, 3.05) is 25.0 Å². The fourth-order valence-electron chi connectivity index (χ4n) is 4.94. The van der Waals surface area contributed by atoms with Crippen LogP contribution in [0.4, 0.5) is 0 Å². The smallest absolute Gasteiger partial charge is 0.316 e. The van der Waals surface area contributed by atoms with Gasteiger partial charge in [0.15, 0.2) is 0 Å². The maximum Gasteiger partial charge on any atom is 2.00 e. The van der Waals surface area contributed by atoms with Crippen LogP contribution in [0.2, 0.25) is 10.0 Å². The van der Waals surface area contributed by atoms with E-state index in [1.807, 2.05) is 36.0 Å². The van der Waals surface area contributed by atoms with Crippen LogP contribution in [-0.4, -0.2) is 25.0 Å². The van der Waals surface area contributed by atoms with Crippen molar-refractivity contribution < 1.29 is 19.5 Å². The molecule has 0 heterocycles. The number of hydrogen-bond donors (Lipinski definition) is 1. The Labute approximate surface area is 309 Å². The Balaban J connectivity index is 0.000000211. The average molecular weight is 798 g/mol. The van der Waals surface area contributed by atoms with Crippen molar-refractivity contribution in [3.63, 3.8) is 0 Å². The number of halogens is 2. The fraction of sp³-hybridized carbons (Fsp3) is 0.100. The van der Waals surface area contributed by atoms with Crippen LogP contribution in [0.5, 0.6) is 0 Å². The molecule has 0 aliphatic heterocycles. The summed E-state index contributed by atoms with van der Waals surface area (Å²) in [6, 6.07) is 59.2. The van der Waals surface area contributed by atoms with Crippen LogP contribution in [0.1, 0.15) is 0 Å². The number of nitrogens with one attached hydrogen (secondary N) is 1. The molecular weight excluding hydrogens is 760 g/mol. The Bertz CT molecular complexity index is 1640. The summed E-state index contributed by atoms with van der Waals surface area (Å²) < 4.78 is 0. The summed E-state index contributed by atoms with van der Waals surface area (Å²) in [6.07, 6.45) is 1.18. The summed E-state index contributed by atoms with van der Waals surface area (Å²) in [5.41, 5.74) is 0. The van der Waals surface area contributed by atoms with E-state index in [0.717, 1.165) is 24.1 Å². The second-order valence-electron chi connectivity index (χ2n) is 10.3. The Morgan fingerprint density at radius 1 is 0.489 bits per heavy atom. The number of rotatable bonds is 12. The third-order valence-electron chi connectivity index (χ3n) is 7.14. The normalized spacial score (nSPS) is 10.6. The van der Waals surface area contributed by atoms with Gasteiger partial charge in [-0.3, -0.25) is 0 Å². The second-order valence-corrected chi connectivity index (χ2v) is 16.8. The maximum atomic E-state index is 6.47. The van der Waals surface area contributed by atoms with E-state index in [9.17, 15) is 0 Å². The van der Waals surface area contributed by atoms with Crippen molar-refractivity contribution in [3.05, 3.63) is 180 Å². The summed E-state index contributed by atoms with van der Waals surface area (Å²) in [5, 5.41) is 11.4. The number of hydrogen-bond acceptors (Lipinski definition) is 2. The Morgan fingerprint density at radius 2 is 0.936 bits per heavy atom. The van der Waals surface area contributed by atoms with Gasteiger partial charge in [0, 0.05) is 22.5 Å². The monoisotopic (exact) mass is 797 g/mol. The van der Waals surface area contributed by atoms with Crippen LogP contribution >= 0.6 is 50.8 Å². The second kappa shape index (κ2) is 20.9. The van der Waals surface area contributed by atoms with E-state index in [2.05, 4.69) is 151 Å². The molecule has 0 saturated heterocycles. The predicted molar refractivity (Wildman–Crippen MR) is 209 cm³/mol. The number of benzene rings is 6. The summed E-state index contributed by atoms with van der Waals surface area (Å²) in [5.74, 6) is 1.11. The third-order valence-corrected chi connectivity index (χ3v) is 14.1. The van der Waals surface area contributed by atoms with Gasteiger partial charge in [-0.25, -0.2) is 0 Å². The van der Waals surface area contributed by atoms with Gasteiger partial charge in [-0.15, -0.1) is 11.8 Å². The largest absolute Gasteiger partial charge is 2.00 e. The molecule has 0 fully saturated rings. The van der Waals surface area contributed by atoms with Crippen molar-refractivity contribution in [3.8, 4) is 0 Å². The van der Waals surface area contributed by atoms with E-state index in [4.69, 9.17) is 23.2 Å². The molecule has 0 saturated carbocycles. The molecule has 6 aromatic carbocycles. The summed E-state index contributed by atoms with van der Waals surface area (Å²) >= 11 is 14.6. The van der Waals surface area contributed by atoms with Crippen molar-refractivity contribution in [2.24, 2.45) is 0 Å². The minimum atomic E-state index is -0.699. The van der Waals surface area contributed by atoms with E-state index in [-0.39, 0.29) is 27.4 Å². The first-order valence-electron chi connectivity index (χ1n) is 15.3. The zero-order chi connectivity index (χ0) is 31.8. The van der Waals surface area contributed by atoms with Crippen LogP contribution in [0.25, 0.3) is 0 Å². The van der Waals surface area contributed by atoms with Gasteiger partial charge in [-0.1, -0.05) is 175 Å². The van der Waals surface area contributed by atoms with E-state index in [1.165, 1.54) is 32.3 Å². The van der Waals surface area contributed by atoms with Gasteiger partial charge < -0.3 is 5.32 Å². The molecule has 0 aliphatic rings. The minimum Gasteiger partial charge on any atom is -0.316 e. The zero-order valence-corrected chi connectivity index (χ0v) is 31.8. The molecule has 1 N–H and O–H groups in total. The topological polar surface area (TPSA) is 12.0 Å². The Kier molecular flexibility index (Phi) is 16.7. The van der Waals surface area contributed by atoms with E-state index in [0.29, 0.717) is 10.0 Å². The van der Waals surface area contributed by atoms with Crippen LogP contribution in [-0.2, 0) is 19.5 Å². The minimum absolute atomic E-state index is 0. The van der Waals surface area contributed by atoms with Crippen LogP contribution in [0.3, 0.4) is 0 Å². The maximum absolute atomic E-state index is 6.47. The molecular formula is C40H37Cl2NP2RuS+2. The molecule has 0 aliphatic carbocycles. The predicted octanol–water partition coefficient (Wildman–Crippen LogP) is 9.25. The van der Waals surface area contributed by atoms with Crippen molar-refractivity contribution in [1.82, 2.24) is 5.32 Å². The molecule has 1 nitrogen and oxygen atoms in total. The molecule has 0 radical (unpaired) electrons. The molecule has 6 rings (SSSR count). The molecule has 0 atom stereocenters. The van der Waals surface area contributed by atoms with Gasteiger partial charge in [0.1, 0.15) is 0 Å². The fourth-order valence-corrected chi connectivity index (χ4v) is 11.0. The third kappa shape index (κ3) is 11.7. The van der Waals surface area contributed by atoms with Gasteiger partial charge >= 0.3 is 19.5 Å². The summed E-state index contributed by atoms with van der Waals surface area (Å²) in [7, 11) is -0.984. The van der Waals surface area contributed by atoms with Gasteiger partial charge in [0.2, 0.25) is 0 Å². The van der Waals surface area contributed by atoms with E-state index >= 15 is 0 Å². The van der Waals surface area contributed by atoms with Gasteiger partial charge in [-0.2, -0.15) is 0 Å². The molecule has 238 valence electrons. The molecule has 7 heteroatoms. The summed E-state index contributed by atoms with van der Waals surface area (Å²) in [6.45, 7) is 2.11. The van der Waals surface area contributed by atoms with Crippen molar-refractivity contribution in [1.29, 1.82) is 0 Å². The van der Waals surface area contributed by atoms with Crippen molar-refractivity contribution >= 4 is 77.3 Å². The van der Waals surface area contributed by atoms with Crippen LogP contribution in [0, 0.1) is 0 Å². The standard InChI is InChI=1S/C22H24NPS.C18H13Cl2P.Ru/c1-4-10-20(11-5-1)24(21-12-6-2-7-13-21)18-16-23-17-19-25-22-14-8-3-9-15-22;19-16-12-7-13-17(18(16)20)21(14-8-3-1-4-9-14)15-10-5-2-6-11-15;/h1-15,23H,16-19H2;1-13H;/q;;+2. The van der Waals surface area contributed by atoms with Gasteiger partial charge in [0.05, 0.1) is 10.0 Å². The SMILES string of the molecule is Clc1cccc(P(c2ccccc2)c2ccccc2)c1Cl.[Ru+2].c1ccc(SCCNCCP(c2ccccc2)c2ccccc2)cc1. The zero-order valence-electron chi connectivity index (χ0n) is 25.9. The van der Waals surface area contributed by atoms with E-state index in [1.54, 1.807) is 0 Å². The number of thioether (sulfide) groups is 1. The van der Waals surface area contributed by atoms with Crippen molar-refractivity contribution in [2.45, 2.75) is 4.90 Å². The molecule has 0 aromatic heterocycles. The first-order chi connectivity index (χ1) is 22.7.